The Morgan fingerprint density at radius 2 is 1.95 bits per heavy atom. The first-order valence-electron chi connectivity index (χ1n) is 7.89. The van der Waals surface area contributed by atoms with Crippen LogP contribution in [0, 0.1) is 0 Å². The Hall–Kier alpha value is -0.190. The van der Waals surface area contributed by atoms with E-state index in [-0.39, 0.29) is 5.60 Å². The molecule has 2 N–H and O–H groups in total. The molecule has 0 aromatic heterocycles. The van der Waals surface area contributed by atoms with Gasteiger partial charge in [0, 0.05) is 12.6 Å². The third kappa shape index (κ3) is 2.81. The van der Waals surface area contributed by atoms with Crippen LogP contribution in [0.2, 0.25) is 0 Å². The maximum Gasteiger partial charge on any atom is 0.0902 e. The average molecular weight is 282 g/mol. The van der Waals surface area contributed by atoms with Gasteiger partial charge in [0.05, 0.1) is 16.6 Å². The van der Waals surface area contributed by atoms with E-state index in [0.717, 1.165) is 19.4 Å². The predicted octanol–water partition coefficient (Wildman–Crippen LogP) is 2.62. The van der Waals surface area contributed by atoms with Crippen molar-refractivity contribution in [2.45, 2.75) is 75.5 Å². The first kappa shape index (κ1) is 13.8. The number of hydrogen-bond acceptors (Lipinski definition) is 3. The molecule has 0 amide bonds. The molecule has 1 aliphatic carbocycles. The second-order valence-electron chi connectivity index (χ2n) is 6.54. The zero-order valence-electron chi connectivity index (χ0n) is 11.8. The minimum absolute atomic E-state index is 0.185. The molecule has 3 nitrogen and oxygen atoms in total. The molecule has 1 spiro atoms. The van der Waals surface area contributed by atoms with Gasteiger partial charge in [-0.2, -0.15) is 0 Å². The average Bonchev–Trinajstić information content (AvgIpc) is 2.89. The van der Waals surface area contributed by atoms with Crippen LogP contribution in [-0.4, -0.2) is 40.7 Å². The second-order valence-corrected chi connectivity index (χ2v) is 7.01. The van der Waals surface area contributed by atoms with Crippen LogP contribution < -0.4 is 5.73 Å². The quantitative estimate of drug-likeness (QED) is 0.790. The van der Waals surface area contributed by atoms with E-state index in [4.69, 9.17) is 22.7 Å². The SMILES string of the molecule is NC(=S)C1CCCN1C1CCOC2(CCCCC2)C1. The third-order valence-corrected chi connectivity index (χ3v) is 5.60. The molecule has 108 valence electrons. The summed E-state index contributed by atoms with van der Waals surface area (Å²) >= 11 is 5.25. The molecular formula is C15H26N2OS. The van der Waals surface area contributed by atoms with Gasteiger partial charge in [0.15, 0.2) is 0 Å². The zero-order valence-corrected chi connectivity index (χ0v) is 12.6. The Morgan fingerprint density at radius 3 is 2.68 bits per heavy atom. The second kappa shape index (κ2) is 5.66. The molecule has 3 rings (SSSR count). The van der Waals surface area contributed by atoms with E-state index >= 15 is 0 Å². The zero-order chi connectivity index (χ0) is 13.3. The third-order valence-electron chi connectivity index (χ3n) is 5.32. The minimum Gasteiger partial charge on any atom is -0.392 e. The van der Waals surface area contributed by atoms with Crippen LogP contribution >= 0.6 is 12.2 Å². The highest BCUT2D eigenvalue weighted by molar-refractivity contribution is 7.80. The Morgan fingerprint density at radius 1 is 1.16 bits per heavy atom. The van der Waals surface area contributed by atoms with Crippen molar-refractivity contribution < 1.29 is 4.74 Å². The normalized spacial score (nSPS) is 35.6. The van der Waals surface area contributed by atoms with Gasteiger partial charge in [0.25, 0.3) is 0 Å². The van der Waals surface area contributed by atoms with Crippen molar-refractivity contribution in [2.24, 2.45) is 5.73 Å². The molecule has 19 heavy (non-hydrogen) atoms. The Labute approximate surface area is 121 Å². The Bertz CT molecular complexity index is 336. The van der Waals surface area contributed by atoms with Crippen LogP contribution in [0.15, 0.2) is 0 Å². The number of nitrogens with zero attached hydrogens (tertiary/aromatic N) is 1. The molecule has 2 saturated heterocycles. The van der Waals surface area contributed by atoms with E-state index in [2.05, 4.69) is 4.90 Å². The molecule has 2 atom stereocenters. The van der Waals surface area contributed by atoms with Crippen LogP contribution in [0.25, 0.3) is 0 Å². The summed E-state index contributed by atoms with van der Waals surface area (Å²) in [6.45, 7) is 2.09. The first-order valence-corrected chi connectivity index (χ1v) is 8.30. The van der Waals surface area contributed by atoms with E-state index in [1.165, 1.54) is 51.5 Å². The fourth-order valence-electron chi connectivity index (χ4n) is 4.36. The van der Waals surface area contributed by atoms with Gasteiger partial charge in [-0.25, -0.2) is 0 Å². The van der Waals surface area contributed by atoms with Crippen LogP contribution in [0.3, 0.4) is 0 Å². The highest BCUT2D eigenvalue weighted by atomic mass is 32.1. The molecule has 0 aromatic rings. The smallest absolute Gasteiger partial charge is 0.0902 e. The lowest BCUT2D eigenvalue weighted by Gasteiger charge is -2.47. The molecule has 3 fully saturated rings. The molecule has 2 heterocycles. The van der Waals surface area contributed by atoms with Gasteiger partial charge in [-0.1, -0.05) is 31.5 Å². The van der Waals surface area contributed by atoms with Gasteiger partial charge in [-0.15, -0.1) is 0 Å². The van der Waals surface area contributed by atoms with Gasteiger partial charge in [-0.05, 0) is 45.1 Å². The van der Waals surface area contributed by atoms with Gasteiger partial charge in [0.2, 0.25) is 0 Å². The fraction of sp³-hybridized carbons (Fsp3) is 0.933. The number of hydrogen-bond donors (Lipinski definition) is 1. The molecule has 0 radical (unpaired) electrons. The van der Waals surface area contributed by atoms with Crippen molar-refractivity contribution in [3.63, 3.8) is 0 Å². The summed E-state index contributed by atoms with van der Waals surface area (Å²) in [5, 5.41) is 0. The van der Waals surface area contributed by atoms with E-state index in [9.17, 15) is 0 Å². The minimum atomic E-state index is 0.185. The molecule has 0 aromatic carbocycles. The number of rotatable bonds is 2. The number of likely N-dealkylation sites (tertiary alicyclic amines) is 1. The molecule has 4 heteroatoms. The molecule has 0 bridgehead atoms. The Kier molecular flexibility index (Phi) is 4.11. The summed E-state index contributed by atoms with van der Waals surface area (Å²) in [6.07, 6.45) is 11.3. The van der Waals surface area contributed by atoms with E-state index < -0.39 is 0 Å². The van der Waals surface area contributed by atoms with Gasteiger partial charge in [0.1, 0.15) is 0 Å². The summed E-state index contributed by atoms with van der Waals surface area (Å²) in [6, 6.07) is 0.986. The topological polar surface area (TPSA) is 38.5 Å². The van der Waals surface area contributed by atoms with Crippen LogP contribution in [0.5, 0.6) is 0 Å². The van der Waals surface area contributed by atoms with Crippen molar-refractivity contribution in [1.29, 1.82) is 0 Å². The lowest BCUT2D eigenvalue weighted by Crippen LogP contribution is -2.53. The van der Waals surface area contributed by atoms with Crippen molar-refractivity contribution in [2.75, 3.05) is 13.2 Å². The lowest BCUT2D eigenvalue weighted by atomic mass is 9.78. The summed E-state index contributed by atoms with van der Waals surface area (Å²) in [5.74, 6) is 0. The molecule has 1 saturated carbocycles. The van der Waals surface area contributed by atoms with E-state index in [0.29, 0.717) is 17.1 Å². The number of nitrogens with two attached hydrogens (primary N) is 1. The molecule has 3 aliphatic rings. The summed E-state index contributed by atoms with van der Waals surface area (Å²) in [5.41, 5.74) is 6.11. The number of thiocarbonyl (C=S) groups is 1. The van der Waals surface area contributed by atoms with Crippen molar-refractivity contribution >= 4 is 17.2 Å². The first-order chi connectivity index (χ1) is 9.20. The van der Waals surface area contributed by atoms with Gasteiger partial charge in [-0.3, -0.25) is 4.90 Å². The monoisotopic (exact) mass is 282 g/mol. The summed E-state index contributed by atoms with van der Waals surface area (Å²) in [7, 11) is 0. The maximum absolute atomic E-state index is 6.20. The maximum atomic E-state index is 6.20. The van der Waals surface area contributed by atoms with Crippen LogP contribution in [-0.2, 0) is 4.74 Å². The highest BCUT2D eigenvalue weighted by Gasteiger charge is 2.42. The molecule has 2 aliphatic heterocycles. The van der Waals surface area contributed by atoms with Crippen molar-refractivity contribution in [3.05, 3.63) is 0 Å². The lowest BCUT2D eigenvalue weighted by molar-refractivity contribution is -0.123. The largest absolute Gasteiger partial charge is 0.392 e. The summed E-state index contributed by atoms with van der Waals surface area (Å²) in [4.78, 5) is 3.28. The van der Waals surface area contributed by atoms with Crippen LogP contribution in [0.1, 0.15) is 57.8 Å². The Balaban J connectivity index is 1.69. The van der Waals surface area contributed by atoms with Gasteiger partial charge < -0.3 is 10.5 Å². The van der Waals surface area contributed by atoms with Crippen molar-refractivity contribution in [1.82, 2.24) is 4.90 Å². The standard InChI is InChI=1S/C15H26N2OS/c16-14(19)13-5-4-9-17(13)12-6-10-18-15(11-12)7-2-1-3-8-15/h12-13H,1-11H2,(H2,16,19). The van der Waals surface area contributed by atoms with E-state index in [1.807, 2.05) is 0 Å². The molecular weight excluding hydrogens is 256 g/mol. The number of ether oxygens (including phenoxy) is 1. The highest BCUT2D eigenvalue weighted by Crippen LogP contribution is 2.41. The van der Waals surface area contributed by atoms with Crippen molar-refractivity contribution in [3.8, 4) is 0 Å². The molecule has 2 unspecified atom stereocenters. The van der Waals surface area contributed by atoms with Crippen LogP contribution in [0.4, 0.5) is 0 Å². The van der Waals surface area contributed by atoms with Gasteiger partial charge >= 0.3 is 0 Å². The predicted molar refractivity (Wildman–Crippen MR) is 81.3 cm³/mol. The fourth-order valence-corrected chi connectivity index (χ4v) is 4.61. The van der Waals surface area contributed by atoms with E-state index in [1.54, 1.807) is 0 Å². The summed E-state index contributed by atoms with van der Waals surface area (Å²) < 4.78 is 6.20.